The molecule has 204 valence electrons. The number of anilines is 2. The first-order valence-corrected chi connectivity index (χ1v) is 13.5. The van der Waals surface area contributed by atoms with Gasteiger partial charge in [0.25, 0.3) is 0 Å². The molecule has 2 atom stereocenters. The summed E-state index contributed by atoms with van der Waals surface area (Å²) in [7, 11) is 2.08. The van der Waals surface area contributed by atoms with Crippen LogP contribution in [-0.2, 0) is 0 Å². The van der Waals surface area contributed by atoms with Gasteiger partial charge in [-0.25, -0.2) is 13.9 Å². The predicted molar refractivity (Wildman–Crippen MR) is 161 cm³/mol. The number of hydrogen-bond acceptors (Lipinski definition) is 5. The average molecular weight is 527 g/mol. The minimum Gasteiger partial charge on any atom is -0.398 e. The van der Waals surface area contributed by atoms with Crippen LogP contribution < -0.4 is 10.6 Å². The first-order valence-electron chi connectivity index (χ1n) is 13.5. The smallest absolute Gasteiger partial charge is 0.165 e. The van der Waals surface area contributed by atoms with Crippen LogP contribution in [-0.4, -0.2) is 52.2 Å². The molecule has 2 aliphatic rings. The number of para-hydroxylation sites is 1. The summed E-state index contributed by atoms with van der Waals surface area (Å²) in [6.45, 7) is 15.0. The fourth-order valence-corrected chi connectivity index (χ4v) is 5.41. The molecule has 0 amide bonds. The zero-order valence-corrected chi connectivity index (χ0v) is 23.1. The number of nitrogens with zero attached hydrogens (tertiary/aromatic N) is 5. The zero-order valence-electron chi connectivity index (χ0n) is 23.1. The molecule has 6 nitrogen and oxygen atoms in total. The Morgan fingerprint density at radius 1 is 1.05 bits per heavy atom. The number of hydrogen-bond donors (Lipinski definition) is 1. The number of likely N-dealkylation sites (N-methyl/N-ethyl adjacent to an activating group) is 1. The summed E-state index contributed by atoms with van der Waals surface area (Å²) in [6.07, 6.45) is 9.00. The summed E-state index contributed by atoms with van der Waals surface area (Å²) in [5.74, 6) is 1.06. The fourth-order valence-electron chi connectivity index (χ4n) is 5.41. The molecule has 2 N–H and O–H groups in total. The highest BCUT2D eigenvalue weighted by atomic mass is 19.1. The van der Waals surface area contributed by atoms with E-state index in [1.807, 2.05) is 48.7 Å². The van der Waals surface area contributed by atoms with E-state index in [1.54, 1.807) is 22.9 Å². The van der Waals surface area contributed by atoms with Gasteiger partial charge in [0.05, 0.1) is 6.20 Å². The van der Waals surface area contributed by atoms with Gasteiger partial charge in [0.2, 0.25) is 0 Å². The molecule has 0 aliphatic carbocycles. The van der Waals surface area contributed by atoms with Gasteiger partial charge in [0.1, 0.15) is 11.6 Å². The second kappa shape index (κ2) is 12.7. The van der Waals surface area contributed by atoms with Gasteiger partial charge in [-0.15, -0.1) is 13.2 Å². The van der Waals surface area contributed by atoms with Crippen molar-refractivity contribution in [3.63, 3.8) is 0 Å². The van der Waals surface area contributed by atoms with E-state index in [4.69, 9.17) is 10.7 Å². The number of aromatic nitrogens is 3. The van der Waals surface area contributed by atoms with Crippen LogP contribution in [0.1, 0.15) is 43.2 Å². The van der Waals surface area contributed by atoms with Crippen molar-refractivity contribution in [2.24, 2.45) is 0 Å². The van der Waals surface area contributed by atoms with Gasteiger partial charge in [-0.2, -0.15) is 5.10 Å². The van der Waals surface area contributed by atoms with Crippen molar-refractivity contribution in [2.45, 2.75) is 38.1 Å². The summed E-state index contributed by atoms with van der Waals surface area (Å²) in [5.41, 5.74) is 10.6. The Kier molecular flexibility index (Phi) is 9.15. The van der Waals surface area contributed by atoms with Crippen LogP contribution in [0, 0.1) is 5.82 Å². The van der Waals surface area contributed by atoms with Crippen LogP contribution in [0.3, 0.4) is 0 Å². The van der Waals surface area contributed by atoms with Crippen LogP contribution in [0.5, 0.6) is 0 Å². The van der Waals surface area contributed by atoms with Crippen molar-refractivity contribution in [2.75, 3.05) is 37.3 Å². The minimum absolute atomic E-state index is 0.221. The molecule has 1 fully saturated rings. The molecule has 1 unspecified atom stereocenters. The van der Waals surface area contributed by atoms with Crippen LogP contribution in [0.4, 0.5) is 15.9 Å². The van der Waals surface area contributed by atoms with Crippen molar-refractivity contribution in [3.8, 4) is 11.1 Å². The molecule has 2 aromatic heterocycles. The Hall–Kier alpha value is -3.97. The maximum atomic E-state index is 14.8. The molecule has 2 aromatic carbocycles. The van der Waals surface area contributed by atoms with E-state index in [1.165, 1.54) is 24.9 Å². The molecule has 2 aliphatic heterocycles. The van der Waals surface area contributed by atoms with Crippen molar-refractivity contribution >= 4 is 23.2 Å². The fraction of sp³-hybridized carbons (Fsp3) is 0.312. The number of fused-ring (bicyclic) bond motifs is 5. The quantitative estimate of drug-likeness (QED) is 0.222. The summed E-state index contributed by atoms with van der Waals surface area (Å²) in [5, 5.41) is 4.40. The molecule has 4 bridgehead atoms. The van der Waals surface area contributed by atoms with Crippen LogP contribution in [0.15, 0.2) is 80.7 Å². The lowest BCUT2D eigenvalue weighted by molar-refractivity contribution is 0.240. The summed E-state index contributed by atoms with van der Waals surface area (Å²) in [6, 6.07) is 15.7. The van der Waals surface area contributed by atoms with E-state index >= 15 is 0 Å². The molecule has 4 aromatic rings. The molecule has 0 spiro atoms. The van der Waals surface area contributed by atoms with E-state index in [0.717, 1.165) is 42.1 Å². The maximum Gasteiger partial charge on any atom is 0.165 e. The van der Waals surface area contributed by atoms with E-state index < -0.39 is 0 Å². The number of rotatable bonds is 1. The van der Waals surface area contributed by atoms with E-state index in [2.05, 4.69) is 48.6 Å². The molecule has 1 saturated heterocycles. The van der Waals surface area contributed by atoms with Gasteiger partial charge in [0.15, 0.2) is 5.65 Å². The van der Waals surface area contributed by atoms with E-state index in [9.17, 15) is 4.39 Å². The molecule has 7 heteroatoms. The van der Waals surface area contributed by atoms with Crippen molar-refractivity contribution in [1.29, 1.82) is 0 Å². The number of halogens is 1. The number of nitrogen functional groups attached to an aromatic ring is 1. The summed E-state index contributed by atoms with van der Waals surface area (Å²) >= 11 is 0. The molecule has 6 rings (SSSR count). The minimum atomic E-state index is -0.221. The summed E-state index contributed by atoms with van der Waals surface area (Å²) < 4.78 is 16.5. The van der Waals surface area contributed by atoms with Crippen molar-refractivity contribution in [3.05, 3.63) is 97.6 Å². The molecular weight excluding hydrogens is 487 g/mol. The lowest BCUT2D eigenvalue weighted by atomic mass is 9.90. The second-order valence-corrected chi connectivity index (χ2v) is 10.1. The molecule has 0 saturated carbocycles. The topological polar surface area (TPSA) is 62.7 Å². The maximum absolute atomic E-state index is 14.8. The lowest BCUT2D eigenvalue weighted by Gasteiger charge is -2.29. The SMILES string of the molecule is C=C.C=Cc1ccccc1N.CC1C[C@@H]2CCCN2CCN(C)c2ccn3ncc(c3n2)-c2cc1ccc2F. The Labute approximate surface area is 231 Å². The van der Waals surface area contributed by atoms with Gasteiger partial charge in [-0.3, -0.25) is 4.90 Å². The van der Waals surface area contributed by atoms with Crippen LogP contribution >= 0.6 is 0 Å². The summed E-state index contributed by atoms with van der Waals surface area (Å²) in [4.78, 5) is 9.63. The second-order valence-electron chi connectivity index (χ2n) is 10.1. The van der Waals surface area contributed by atoms with Crippen molar-refractivity contribution < 1.29 is 4.39 Å². The van der Waals surface area contributed by atoms with Crippen LogP contribution in [0.25, 0.3) is 22.9 Å². The number of benzene rings is 2. The Morgan fingerprint density at radius 2 is 1.85 bits per heavy atom. The molecular formula is C32H39FN6. The number of nitrogens with two attached hydrogens (primary N) is 1. The normalized spacial score (nSPS) is 18.8. The van der Waals surface area contributed by atoms with E-state index in [-0.39, 0.29) is 5.82 Å². The Balaban J connectivity index is 0.000000272. The monoisotopic (exact) mass is 526 g/mol. The lowest BCUT2D eigenvalue weighted by Crippen LogP contribution is -2.37. The third kappa shape index (κ3) is 6.20. The van der Waals surface area contributed by atoms with Gasteiger partial charge in [-0.1, -0.05) is 43.8 Å². The van der Waals surface area contributed by atoms with Gasteiger partial charge < -0.3 is 10.6 Å². The average Bonchev–Trinajstić information content (AvgIpc) is 3.59. The molecule has 0 radical (unpaired) electrons. The Bertz CT molecular complexity index is 1410. The highest BCUT2D eigenvalue weighted by Crippen LogP contribution is 2.34. The standard InChI is InChI=1S/C22H26FN5.C8H9N.C2H4/c1-15-12-17-4-3-8-27(17)11-10-26(2)21-7-9-28-22(25-21)19(14-24-28)18-13-16(15)5-6-20(18)23;1-2-7-5-3-4-6-8(7)9;1-2/h5-7,9,13-15,17H,3-4,8,10-12H2,1-2H3;2-6H,1,9H2;1-2H2/t15?,17-;;/m0../s1. The first kappa shape index (κ1) is 28.0. The van der Waals surface area contributed by atoms with E-state index in [0.29, 0.717) is 23.2 Å². The van der Waals surface area contributed by atoms with Crippen LogP contribution in [0.2, 0.25) is 0 Å². The van der Waals surface area contributed by atoms with Gasteiger partial charge >= 0.3 is 0 Å². The Morgan fingerprint density at radius 3 is 2.59 bits per heavy atom. The third-order valence-electron chi connectivity index (χ3n) is 7.66. The van der Waals surface area contributed by atoms with Crippen molar-refractivity contribution in [1.82, 2.24) is 19.5 Å². The zero-order chi connectivity index (χ0) is 27.9. The first-order chi connectivity index (χ1) is 18.9. The predicted octanol–water partition coefficient (Wildman–Crippen LogP) is 6.66. The highest BCUT2D eigenvalue weighted by Gasteiger charge is 2.27. The molecule has 4 heterocycles. The van der Waals surface area contributed by atoms with Gasteiger partial charge in [-0.05, 0) is 67.1 Å². The third-order valence-corrected chi connectivity index (χ3v) is 7.66. The highest BCUT2D eigenvalue weighted by molar-refractivity contribution is 5.78. The largest absolute Gasteiger partial charge is 0.398 e. The molecule has 39 heavy (non-hydrogen) atoms. The van der Waals surface area contributed by atoms with Gasteiger partial charge in [0, 0.05) is 49.2 Å².